The van der Waals surface area contributed by atoms with Gasteiger partial charge in [0, 0.05) is 23.1 Å². The minimum Gasteiger partial charge on any atom is -0.410 e. The van der Waals surface area contributed by atoms with Gasteiger partial charge in [-0.3, -0.25) is 4.79 Å². The van der Waals surface area contributed by atoms with Crippen LogP contribution in [0.1, 0.15) is 90.9 Å². The third-order valence-corrected chi connectivity index (χ3v) is 13.0. The molecule has 6 aromatic rings. The summed E-state index contributed by atoms with van der Waals surface area (Å²) in [5.74, 6) is 0.167. The number of ether oxygens (including phenoxy) is 1. The molecule has 300 valence electrons. The second kappa shape index (κ2) is 17.2. The van der Waals surface area contributed by atoms with Crippen LogP contribution in [0.5, 0.6) is 5.75 Å². The Morgan fingerprint density at radius 3 is 2.22 bits per heavy atom. The van der Waals surface area contributed by atoms with Crippen molar-refractivity contribution in [1.82, 2.24) is 4.90 Å². The molecule has 0 saturated heterocycles. The van der Waals surface area contributed by atoms with Crippen LogP contribution in [0.4, 0.5) is 4.79 Å². The molecule has 0 radical (unpaired) electrons. The van der Waals surface area contributed by atoms with Crippen molar-refractivity contribution in [2.75, 3.05) is 6.54 Å². The number of carbonyl (C=O) groups excluding carboxylic acids is 2. The van der Waals surface area contributed by atoms with Gasteiger partial charge < -0.3 is 19.8 Å². The molecule has 0 aromatic heterocycles. The molecule has 0 heterocycles. The first-order chi connectivity index (χ1) is 28.6. The summed E-state index contributed by atoms with van der Waals surface area (Å²) in [6.45, 7) is 4.57. The number of benzene rings is 6. The highest BCUT2D eigenvalue weighted by molar-refractivity contribution is 6.10. The Kier molecular flexibility index (Phi) is 11.6. The van der Waals surface area contributed by atoms with Crippen LogP contribution in [0.15, 0.2) is 157 Å². The number of carbonyl (C=O) groups is 2. The lowest BCUT2D eigenvalue weighted by Crippen LogP contribution is -2.54. The fourth-order valence-electron chi connectivity index (χ4n) is 9.50. The maximum atomic E-state index is 14.7. The summed E-state index contributed by atoms with van der Waals surface area (Å²) in [4.78, 5) is 30.7. The molecule has 4 unspecified atom stereocenters. The molecule has 9 rings (SSSR count). The van der Waals surface area contributed by atoms with Crippen LogP contribution in [0, 0.1) is 5.41 Å². The second-order valence-electron chi connectivity index (χ2n) is 16.9. The molecule has 1 fully saturated rings. The summed E-state index contributed by atoms with van der Waals surface area (Å²) >= 11 is 0. The summed E-state index contributed by atoms with van der Waals surface area (Å²) in [7, 11) is 0. The van der Waals surface area contributed by atoms with Crippen LogP contribution in [-0.2, 0) is 13.0 Å². The Balaban J connectivity index is 1.16. The standard InChI is InChI=1S/C53H53NO5/c1-37-12-11-30-52(2)49(47-28-20-39(32-45(55)26-19-37)33-48(47)50(56)43-23-21-42(22-24-43)40-15-7-4-8-16-40)29-31-53(52,58)36-54(35-38-13-5-3-6-14-38)51(57)59-46-27-25-41-17-9-10-18-44(41)34-46/h3-10,12-18,20-25,27-28,33-34,45,49,55,58H,11,19,26,29-32,35-36H2,1-2H3. The number of aliphatic hydroxyl groups is 2. The highest BCUT2D eigenvalue weighted by Gasteiger charge is 2.58. The van der Waals surface area contributed by atoms with Gasteiger partial charge in [0.05, 0.1) is 18.2 Å². The maximum absolute atomic E-state index is 14.7. The van der Waals surface area contributed by atoms with E-state index in [1.807, 2.05) is 127 Å². The quantitative estimate of drug-likeness (QED) is 0.119. The third kappa shape index (κ3) is 8.66. The van der Waals surface area contributed by atoms with E-state index in [9.17, 15) is 19.8 Å². The summed E-state index contributed by atoms with van der Waals surface area (Å²) in [5, 5.41) is 26.3. The summed E-state index contributed by atoms with van der Waals surface area (Å²) in [6.07, 6.45) is 5.40. The average Bonchev–Trinajstić information content (AvgIpc) is 3.51. The predicted octanol–water partition coefficient (Wildman–Crippen LogP) is 11.5. The maximum Gasteiger partial charge on any atom is 0.415 e. The number of rotatable bonds is 8. The molecular formula is C53H53NO5. The Morgan fingerprint density at radius 1 is 0.763 bits per heavy atom. The van der Waals surface area contributed by atoms with Crippen LogP contribution < -0.4 is 4.74 Å². The van der Waals surface area contributed by atoms with Gasteiger partial charge in [-0.05, 0) is 115 Å². The first-order valence-electron chi connectivity index (χ1n) is 21.0. The van der Waals surface area contributed by atoms with Crippen molar-refractivity contribution in [3.63, 3.8) is 0 Å². The fourth-order valence-corrected chi connectivity index (χ4v) is 9.50. The topological polar surface area (TPSA) is 87.1 Å². The van der Waals surface area contributed by atoms with E-state index < -0.39 is 23.2 Å². The number of nitrogens with zero attached hydrogens (tertiary/aromatic N) is 1. The van der Waals surface area contributed by atoms with E-state index >= 15 is 0 Å². The van der Waals surface area contributed by atoms with Gasteiger partial charge in [-0.25, -0.2) is 4.79 Å². The predicted molar refractivity (Wildman–Crippen MR) is 236 cm³/mol. The van der Waals surface area contributed by atoms with Crippen LogP contribution >= 0.6 is 0 Å². The number of aliphatic hydroxyl groups excluding tert-OH is 1. The molecule has 6 aromatic carbocycles. The zero-order valence-corrected chi connectivity index (χ0v) is 34.0. The molecule has 6 nitrogen and oxygen atoms in total. The Bertz CT molecular complexity index is 2460. The van der Waals surface area contributed by atoms with E-state index in [1.165, 1.54) is 5.57 Å². The molecule has 3 aliphatic carbocycles. The molecule has 0 spiro atoms. The first-order valence-corrected chi connectivity index (χ1v) is 21.0. The first kappa shape index (κ1) is 40.0. The molecule has 2 bridgehead atoms. The molecule has 6 heteroatoms. The van der Waals surface area contributed by atoms with E-state index in [1.54, 1.807) is 4.90 Å². The monoisotopic (exact) mass is 783 g/mol. The highest BCUT2D eigenvalue weighted by Crippen LogP contribution is 2.59. The molecule has 2 N–H and O–H groups in total. The molecule has 3 aliphatic rings. The van der Waals surface area contributed by atoms with Gasteiger partial charge >= 0.3 is 6.09 Å². The second-order valence-corrected chi connectivity index (χ2v) is 16.9. The van der Waals surface area contributed by atoms with Crippen molar-refractivity contribution < 1.29 is 24.5 Å². The van der Waals surface area contributed by atoms with Crippen molar-refractivity contribution in [2.45, 2.75) is 83.0 Å². The van der Waals surface area contributed by atoms with Gasteiger partial charge in [0.1, 0.15) is 5.75 Å². The van der Waals surface area contributed by atoms with Gasteiger partial charge in [-0.2, -0.15) is 0 Å². The Hall–Kier alpha value is -5.82. The number of hydrogen-bond donors (Lipinski definition) is 2. The largest absolute Gasteiger partial charge is 0.415 e. The van der Waals surface area contributed by atoms with E-state index in [4.69, 9.17) is 4.74 Å². The molecule has 1 amide bonds. The zero-order chi connectivity index (χ0) is 41.0. The number of hydrogen-bond acceptors (Lipinski definition) is 5. The van der Waals surface area contributed by atoms with E-state index in [2.05, 4.69) is 38.1 Å². The van der Waals surface area contributed by atoms with Crippen molar-refractivity contribution in [3.05, 3.63) is 185 Å². The summed E-state index contributed by atoms with van der Waals surface area (Å²) in [6, 6.07) is 47.4. The van der Waals surface area contributed by atoms with Crippen LogP contribution in [0.3, 0.4) is 0 Å². The smallest absolute Gasteiger partial charge is 0.410 e. The van der Waals surface area contributed by atoms with Gasteiger partial charge in [-0.15, -0.1) is 0 Å². The SMILES string of the molecule is CC1=CCCC2(C)C(CCC2(O)CN(Cc2ccccc2)C(=O)Oc2ccc3ccccc3c2)c2ccc(cc2C(=O)c2ccc(-c3ccccc3)cc2)CC(O)CC1. The zero-order valence-electron chi connectivity index (χ0n) is 34.0. The number of ketones is 1. The van der Waals surface area contributed by atoms with Gasteiger partial charge in [-0.1, -0.05) is 146 Å². The Morgan fingerprint density at radius 2 is 1.46 bits per heavy atom. The van der Waals surface area contributed by atoms with Crippen LogP contribution in [0.2, 0.25) is 0 Å². The van der Waals surface area contributed by atoms with E-state index in [-0.39, 0.29) is 24.8 Å². The lowest BCUT2D eigenvalue weighted by molar-refractivity contribution is -0.0802. The number of fused-ring (bicyclic) bond motifs is 9. The lowest BCUT2D eigenvalue weighted by Gasteiger charge is -2.46. The molecule has 59 heavy (non-hydrogen) atoms. The molecule has 0 aliphatic heterocycles. The normalized spacial score (nSPS) is 21.9. The Labute approximate surface area is 347 Å². The highest BCUT2D eigenvalue weighted by atomic mass is 16.6. The fraction of sp³-hybridized carbons (Fsp3) is 0.283. The van der Waals surface area contributed by atoms with Crippen molar-refractivity contribution >= 4 is 22.6 Å². The summed E-state index contributed by atoms with van der Waals surface area (Å²) < 4.78 is 6.10. The van der Waals surface area contributed by atoms with Crippen LogP contribution in [0.25, 0.3) is 21.9 Å². The lowest BCUT2D eigenvalue weighted by atomic mass is 9.64. The van der Waals surface area contributed by atoms with Crippen molar-refractivity contribution in [3.8, 4) is 16.9 Å². The average molecular weight is 784 g/mol. The van der Waals surface area contributed by atoms with Gasteiger partial charge in [0.15, 0.2) is 5.78 Å². The number of amides is 1. The van der Waals surface area contributed by atoms with E-state index in [0.717, 1.165) is 45.0 Å². The number of allylic oxidation sites excluding steroid dienone is 2. The molecule has 4 atom stereocenters. The van der Waals surface area contributed by atoms with Gasteiger partial charge in [0.2, 0.25) is 0 Å². The van der Waals surface area contributed by atoms with Crippen molar-refractivity contribution in [2.24, 2.45) is 5.41 Å². The third-order valence-electron chi connectivity index (χ3n) is 13.0. The van der Waals surface area contributed by atoms with Crippen LogP contribution in [-0.4, -0.2) is 45.2 Å². The minimum absolute atomic E-state index is 0.0541. The molecule has 1 saturated carbocycles. The van der Waals surface area contributed by atoms with Crippen molar-refractivity contribution in [1.29, 1.82) is 0 Å². The van der Waals surface area contributed by atoms with Gasteiger partial charge in [0.25, 0.3) is 0 Å². The summed E-state index contributed by atoms with van der Waals surface area (Å²) in [5.41, 5.74) is 5.18. The molecular weight excluding hydrogens is 731 g/mol. The van der Waals surface area contributed by atoms with E-state index in [0.29, 0.717) is 55.4 Å². The minimum atomic E-state index is -1.32.